The van der Waals surface area contributed by atoms with Crippen LogP contribution in [0.4, 0.5) is 29.3 Å². The van der Waals surface area contributed by atoms with E-state index in [0.29, 0.717) is 17.9 Å². The molecule has 3 rings (SSSR count). The maximum absolute atomic E-state index is 14.1. The highest BCUT2D eigenvalue weighted by molar-refractivity contribution is 5.98. The summed E-state index contributed by atoms with van der Waals surface area (Å²) in [5.74, 6) is -0.0496. The summed E-state index contributed by atoms with van der Waals surface area (Å²) < 4.78 is 51.3. The zero-order valence-corrected chi connectivity index (χ0v) is 26.4. The van der Waals surface area contributed by atoms with Gasteiger partial charge in [-0.3, -0.25) is 4.79 Å². The molecule has 2 N–H and O–H groups in total. The zero-order valence-electron chi connectivity index (χ0n) is 26.4. The van der Waals surface area contributed by atoms with Gasteiger partial charge in [-0.25, -0.2) is 4.79 Å². The molecule has 244 valence electrons. The van der Waals surface area contributed by atoms with E-state index in [-0.39, 0.29) is 43.3 Å². The molecule has 1 aliphatic rings. The van der Waals surface area contributed by atoms with E-state index in [9.17, 15) is 27.9 Å². The maximum atomic E-state index is 14.1. The average molecular weight is 623 g/mol. The molecule has 9 nitrogen and oxygen atoms in total. The maximum Gasteiger partial charge on any atom is 0.416 e. The van der Waals surface area contributed by atoms with E-state index < -0.39 is 29.9 Å². The Bertz CT molecular complexity index is 1240. The lowest BCUT2D eigenvalue weighted by molar-refractivity contribution is -0.137. The third-order valence-electron chi connectivity index (χ3n) is 7.82. The summed E-state index contributed by atoms with van der Waals surface area (Å²) in [6.45, 7) is 6.25. The van der Waals surface area contributed by atoms with Crippen LogP contribution in [0, 0.1) is 5.92 Å². The first kappa shape index (κ1) is 35.0. The molecule has 1 heterocycles. The van der Waals surface area contributed by atoms with Gasteiger partial charge in [0.15, 0.2) is 0 Å². The molecular weight excluding hydrogens is 577 g/mol. The summed E-state index contributed by atoms with van der Waals surface area (Å²) in [5.41, 5.74) is 0.665. The lowest BCUT2D eigenvalue weighted by Crippen LogP contribution is -2.48. The first-order chi connectivity index (χ1) is 20.7. The number of alkyl halides is 3. The number of amides is 3. The van der Waals surface area contributed by atoms with Crippen molar-refractivity contribution >= 4 is 23.3 Å². The molecule has 0 saturated heterocycles. The van der Waals surface area contributed by atoms with Crippen molar-refractivity contribution < 1.29 is 37.3 Å². The van der Waals surface area contributed by atoms with Crippen LogP contribution in [0.2, 0.25) is 0 Å². The van der Waals surface area contributed by atoms with Crippen molar-refractivity contribution in [2.45, 2.75) is 64.5 Å². The van der Waals surface area contributed by atoms with Gasteiger partial charge >= 0.3 is 12.2 Å². The molecule has 44 heavy (non-hydrogen) atoms. The molecule has 0 saturated carbocycles. The molecule has 2 aromatic carbocycles. The lowest BCUT2D eigenvalue weighted by atomic mass is 10.0. The zero-order chi connectivity index (χ0) is 32.6. The number of rotatable bonds is 6. The number of nitrogens with zero attached hydrogens (tertiary/aromatic N) is 3. The van der Waals surface area contributed by atoms with Crippen molar-refractivity contribution in [3.05, 3.63) is 53.6 Å². The minimum atomic E-state index is -4.47. The second-order valence-electron chi connectivity index (χ2n) is 11.8. The number of hydrogen-bond donors (Lipinski definition) is 2. The van der Waals surface area contributed by atoms with Crippen LogP contribution >= 0.6 is 0 Å². The highest BCUT2D eigenvalue weighted by Crippen LogP contribution is 2.31. The van der Waals surface area contributed by atoms with Crippen LogP contribution in [0.5, 0.6) is 5.75 Å². The quantitative estimate of drug-likeness (QED) is 0.428. The summed E-state index contributed by atoms with van der Waals surface area (Å²) in [7, 11) is 5.36. The standard InChI is InChI=1S/C32H45F3N4O5/c1-21-18-39(22(2)20-40)30(41)27-17-26(37(4)5)14-15-28(27)44-23(3)9-7-8-16-43-29(21)19-38(6)31(42)36-25-12-10-24(11-13-25)32(33,34)35/h10-15,17,21-23,29,40H,7-9,16,18-20H2,1-6H3,(H,36,42)/t21-,22-,23-,29+/m1/s1. The van der Waals surface area contributed by atoms with Gasteiger partial charge in [0.1, 0.15) is 5.75 Å². The van der Waals surface area contributed by atoms with Crippen LogP contribution in [0.15, 0.2) is 42.5 Å². The van der Waals surface area contributed by atoms with Gasteiger partial charge in [-0.15, -0.1) is 0 Å². The van der Waals surface area contributed by atoms with Crippen LogP contribution in [0.25, 0.3) is 0 Å². The Kier molecular flexibility index (Phi) is 12.3. The number of benzene rings is 2. The number of nitrogens with one attached hydrogen (secondary N) is 1. The molecule has 1 aliphatic heterocycles. The first-order valence-corrected chi connectivity index (χ1v) is 14.9. The topological polar surface area (TPSA) is 94.6 Å². The Labute approximate surface area is 257 Å². The predicted molar refractivity (Wildman–Crippen MR) is 164 cm³/mol. The molecule has 0 radical (unpaired) electrons. The van der Waals surface area contributed by atoms with E-state index >= 15 is 0 Å². The molecular formula is C32H45F3N4O5. The highest BCUT2D eigenvalue weighted by Gasteiger charge is 2.32. The van der Waals surface area contributed by atoms with E-state index in [1.54, 1.807) is 24.9 Å². The molecule has 0 unspecified atom stereocenters. The van der Waals surface area contributed by atoms with E-state index in [1.807, 2.05) is 45.0 Å². The summed E-state index contributed by atoms with van der Waals surface area (Å²) in [6, 6.07) is 8.74. The fourth-order valence-electron chi connectivity index (χ4n) is 4.97. The Morgan fingerprint density at radius 2 is 1.80 bits per heavy atom. The number of ether oxygens (including phenoxy) is 2. The molecule has 12 heteroatoms. The SMILES string of the molecule is C[C@@H]1CCCCO[C@@H](CN(C)C(=O)Nc2ccc(C(F)(F)F)cc2)[C@H](C)CN([C@H](C)CO)C(=O)c2cc(N(C)C)ccc2O1. The van der Waals surface area contributed by atoms with Crippen LogP contribution in [-0.2, 0) is 10.9 Å². The van der Waals surface area contributed by atoms with E-state index in [2.05, 4.69) is 5.32 Å². The summed E-state index contributed by atoms with van der Waals surface area (Å²) in [6.07, 6.45) is -2.74. The smallest absolute Gasteiger partial charge is 0.416 e. The molecule has 2 aromatic rings. The van der Waals surface area contributed by atoms with Gasteiger partial charge in [0, 0.05) is 58.1 Å². The van der Waals surface area contributed by atoms with Gasteiger partial charge in [-0.1, -0.05) is 6.92 Å². The highest BCUT2D eigenvalue weighted by atomic mass is 19.4. The van der Waals surface area contributed by atoms with Gasteiger partial charge in [0.25, 0.3) is 5.91 Å². The minimum absolute atomic E-state index is 0.145. The molecule has 0 spiro atoms. The van der Waals surface area contributed by atoms with Gasteiger partial charge in [-0.2, -0.15) is 13.2 Å². The Morgan fingerprint density at radius 3 is 2.41 bits per heavy atom. The number of aliphatic hydroxyl groups excluding tert-OH is 1. The first-order valence-electron chi connectivity index (χ1n) is 14.9. The molecule has 0 fully saturated rings. The molecule has 0 bridgehead atoms. The second-order valence-corrected chi connectivity index (χ2v) is 11.8. The van der Waals surface area contributed by atoms with E-state index in [1.165, 1.54) is 17.0 Å². The third-order valence-corrected chi connectivity index (χ3v) is 7.82. The lowest BCUT2D eigenvalue weighted by Gasteiger charge is -2.36. The number of aliphatic hydroxyl groups is 1. The fraction of sp³-hybridized carbons (Fsp3) is 0.562. The number of urea groups is 1. The van der Waals surface area contributed by atoms with Crippen molar-refractivity contribution in [3.63, 3.8) is 0 Å². The normalized spacial score (nSPS) is 21.0. The monoisotopic (exact) mass is 622 g/mol. The number of hydrogen-bond acceptors (Lipinski definition) is 6. The predicted octanol–water partition coefficient (Wildman–Crippen LogP) is 5.73. The fourth-order valence-corrected chi connectivity index (χ4v) is 4.97. The number of carbonyl (C=O) groups excluding carboxylic acids is 2. The molecule has 0 aliphatic carbocycles. The Balaban J connectivity index is 1.84. The number of likely N-dealkylation sites (N-methyl/N-ethyl adjacent to an activating group) is 1. The van der Waals surface area contributed by atoms with E-state index in [4.69, 9.17) is 9.47 Å². The summed E-state index contributed by atoms with van der Waals surface area (Å²) >= 11 is 0. The van der Waals surface area contributed by atoms with Gasteiger partial charge < -0.3 is 34.6 Å². The number of carbonyl (C=O) groups is 2. The second kappa shape index (κ2) is 15.5. The molecule has 4 atom stereocenters. The van der Waals surface area contributed by atoms with Gasteiger partial charge in [0.05, 0.1) is 36.0 Å². The molecule has 3 amide bonds. The summed E-state index contributed by atoms with van der Waals surface area (Å²) in [4.78, 5) is 32.0. The largest absolute Gasteiger partial charge is 0.490 e. The number of halogens is 3. The van der Waals surface area contributed by atoms with Crippen molar-refractivity contribution in [3.8, 4) is 5.75 Å². The van der Waals surface area contributed by atoms with Gasteiger partial charge in [-0.05, 0) is 75.6 Å². The van der Waals surface area contributed by atoms with Gasteiger partial charge in [0.2, 0.25) is 0 Å². The number of fused-ring (bicyclic) bond motifs is 1. The Morgan fingerprint density at radius 1 is 1.11 bits per heavy atom. The number of anilines is 2. The average Bonchev–Trinajstić information content (AvgIpc) is 2.97. The third kappa shape index (κ3) is 9.49. The van der Waals surface area contributed by atoms with Crippen molar-refractivity contribution in [2.24, 2.45) is 5.92 Å². The van der Waals surface area contributed by atoms with Crippen LogP contribution < -0.4 is 15.0 Å². The Hall–Kier alpha value is -3.51. The van der Waals surface area contributed by atoms with Crippen LogP contribution in [0.1, 0.15) is 56.0 Å². The van der Waals surface area contributed by atoms with Crippen molar-refractivity contribution in [2.75, 3.05) is 57.7 Å². The van der Waals surface area contributed by atoms with E-state index in [0.717, 1.165) is 37.1 Å². The van der Waals surface area contributed by atoms with Crippen LogP contribution in [-0.4, -0.2) is 92.5 Å². The summed E-state index contributed by atoms with van der Waals surface area (Å²) in [5, 5.41) is 12.7. The van der Waals surface area contributed by atoms with Crippen molar-refractivity contribution in [1.29, 1.82) is 0 Å². The minimum Gasteiger partial charge on any atom is -0.490 e. The van der Waals surface area contributed by atoms with Crippen LogP contribution in [0.3, 0.4) is 0 Å². The molecule has 0 aromatic heterocycles. The van der Waals surface area contributed by atoms with Crippen molar-refractivity contribution in [1.82, 2.24) is 9.80 Å².